The van der Waals surface area contributed by atoms with Crippen LogP contribution < -0.4 is 0 Å². The molecule has 0 unspecified atom stereocenters. The predicted octanol–water partition coefficient (Wildman–Crippen LogP) is 4.36. The Kier molecular flexibility index (Phi) is 6.16. The number of aryl methyl sites for hydroxylation is 1. The zero-order chi connectivity index (χ0) is 21.2. The number of hydrogen-bond acceptors (Lipinski definition) is 4. The Bertz CT molecular complexity index is 1010. The van der Waals surface area contributed by atoms with Crippen LogP contribution in [0.1, 0.15) is 33.1 Å². The van der Waals surface area contributed by atoms with Gasteiger partial charge in [-0.1, -0.05) is 42.1 Å². The average molecular weight is 422 g/mol. The Morgan fingerprint density at radius 3 is 2.48 bits per heavy atom. The first-order valence-corrected chi connectivity index (χ1v) is 9.96. The second kappa shape index (κ2) is 8.44. The average Bonchev–Trinajstić information content (AvgIpc) is 3.14. The Morgan fingerprint density at radius 1 is 1.14 bits per heavy atom. The van der Waals surface area contributed by atoms with Crippen LogP contribution in [0.3, 0.4) is 0 Å². The molecule has 3 aromatic rings. The number of hydrogen-bond donors (Lipinski definition) is 0. The number of rotatable bonds is 7. The maximum absolute atomic E-state index is 12.8. The van der Waals surface area contributed by atoms with Crippen LogP contribution in [0.15, 0.2) is 41.6 Å². The lowest BCUT2D eigenvalue weighted by atomic mass is 10.1. The van der Waals surface area contributed by atoms with Gasteiger partial charge >= 0.3 is 6.18 Å². The second-order valence-corrected chi connectivity index (χ2v) is 7.76. The number of carbonyl (C=O) groups excluding carboxylic acids is 1. The third-order valence-electron chi connectivity index (χ3n) is 4.67. The molecule has 1 aromatic carbocycles. The topological polar surface area (TPSA) is 52.7 Å². The van der Waals surface area contributed by atoms with E-state index in [1.165, 1.54) is 24.8 Å². The van der Waals surface area contributed by atoms with E-state index in [-0.39, 0.29) is 11.5 Å². The third kappa shape index (κ3) is 5.09. The number of thioether (sulfide) groups is 1. The highest BCUT2D eigenvalue weighted by atomic mass is 32.2. The zero-order valence-electron chi connectivity index (χ0n) is 16.3. The van der Waals surface area contributed by atoms with Crippen LogP contribution in [0.2, 0.25) is 0 Å². The number of halogens is 3. The normalized spacial score (nSPS) is 11.8. The van der Waals surface area contributed by atoms with Crippen molar-refractivity contribution in [3.05, 3.63) is 64.7 Å². The molecular weight excluding hydrogens is 401 g/mol. The highest BCUT2D eigenvalue weighted by molar-refractivity contribution is 7.99. The van der Waals surface area contributed by atoms with Crippen LogP contribution >= 0.6 is 11.8 Å². The van der Waals surface area contributed by atoms with Gasteiger partial charge in [-0.05, 0) is 25.5 Å². The number of carbonyl (C=O) groups is 1. The van der Waals surface area contributed by atoms with Gasteiger partial charge in [0.25, 0.3) is 0 Å². The molecule has 154 valence electrons. The SMILES string of the molecule is Cc1cc(C(=O)CSc2nnc(Cc3ccccc3)n2C)c(C)n1CC(F)(F)F. The van der Waals surface area contributed by atoms with Gasteiger partial charge in [0.15, 0.2) is 10.9 Å². The van der Waals surface area contributed by atoms with E-state index in [1.54, 1.807) is 6.92 Å². The summed E-state index contributed by atoms with van der Waals surface area (Å²) in [6, 6.07) is 11.4. The summed E-state index contributed by atoms with van der Waals surface area (Å²) in [6.07, 6.45) is -3.71. The number of benzene rings is 1. The predicted molar refractivity (Wildman–Crippen MR) is 105 cm³/mol. The van der Waals surface area contributed by atoms with Crippen LogP contribution in [0.25, 0.3) is 0 Å². The fourth-order valence-corrected chi connectivity index (χ4v) is 3.93. The maximum atomic E-state index is 12.8. The van der Waals surface area contributed by atoms with Crippen LogP contribution in [-0.2, 0) is 20.0 Å². The van der Waals surface area contributed by atoms with E-state index >= 15 is 0 Å². The van der Waals surface area contributed by atoms with Crippen molar-refractivity contribution in [1.29, 1.82) is 0 Å². The van der Waals surface area contributed by atoms with Crippen molar-refractivity contribution in [1.82, 2.24) is 19.3 Å². The molecule has 0 saturated heterocycles. The molecule has 0 bridgehead atoms. The molecule has 3 rings (SSSR count). The highest BCUT2D eigenvalue weighted by Crippen LogP contribution is 2.25. The first-order chi connectivity index (χ1) is 13.7. The van der Waals surface area contributed by atoms with Crippen molar-refractivity contribution in [3.8, 4) is 0 Å². The number of aromatic nitrogens is 4. The molecule has 0 fully saturated rings. The lowest BCUT2D eigenvalue weighted by Crippen LogP contribution is -2.19. The van der Waals surface area contributed by atoms with Crippen LogP contribution in [-0.4, -0.2) is 37.0 Å². The van der Waals surface area contributed by atoms with Crippen LogP contribution in [0.4, 0.5) is 13.2 Å². The van der Waals surface area contributed by atoms with Gasteiger partial charge in [0, 0.05) is 30.4 Å². The van der Waals surface area contributed by atoms with Gasteiger partial charge in [-0.3, -0.25) is 4.79 Å². The molecule has 2 heterocycles. The van der Waals surface area contributed by atoms with Crippen LogP contribution in [0, 0.1) is 13.8 Å². The molecule has 0 amide bonds. The summed E-state index contributed by atoms with van der Waals surface area (Å²) < 4.78 is 41.2. The largest absolute Gasteiger partial charge is 0.406 e. The van der Waals surface area contributed by atoms with Crippen molar-refractivity contribution in [3.63, 3.8) is 0 Å². The minimum atomic E-state index is -4.34. The first kappa shape index (κ1) is 21.2. The van der Waals surface area contributed by atoms with Crippen LogP contribution in [0.5, 0.6) is 0 Å². The summed E-state index contributed by atoms with van der Waals surface area (Å²) in [6.45, 7) is 2.01. The summed E-state index contributed by atoms with van der Waals surface area (Å²) in [4.78, 5) is 12.6. The maximum Gasteiger partial charge on any atom is 0.406 e. The van der Waals surface area contributed by atoms with E-state index in [9.17, 15) is 18.0 Å². The second-order valence-electron chi connectivity index (χ2n) is 6.82. The molecule has 2 aromatic heterocycles. The molecule has 0 N–H and O–H groups in total. The van der Waals surface area contributed by atoms with Crippen molar-refractivity contribution in [2.45, 2.75) is 38.1 Å². The van der Waals surface area contributed by atoms with Gasteiger partial charge in [0.05, 0.1) is 5.75 Å². The molecule has 9 heteroatoms. The van der Waals surface area contributed by atoms with E-state index < -0.39 is 12.7 Å². The Balaban J connectivity index is 1.68. The Morgan fingerprint density at radius 2 is 1.83 bits per heavy atom. The molecule has 0 saturated carbocycles. The summed E-state index contributed by atoms with van der Waals surface area (Å²) in [5, 5.41) is 8.92. The van der Waals surface area contributed by atoms with E-state index in [2.05, 4.69) is 10.2 Å². The van der Waals surface area contributed by atoms with Crippen molar-refractivity contribution >= 4 is 17.5 Å². The smallest absolute Gasteiger partial charge is 0.339 e. The minimum Gasteiger partial charge on any atom is -0.339 e. The molecular formula is C20H21F3N4OS. The number of nitrogens with zero attached hydrogens (tertiary/aromatic N) is 4. The minimum absolute atomic E-state index is 0.0770. The van der Waals surface area contributed by atoms with Crippen molar-refractivity contribution in [2.24, 2.45) is 7.05 Å². The number of Topliss-reactive ketones (excluding diaryl/α,β-unsaturated/α-hetero) is 1. The van der Waals surface area contributed by atoms with E-state index in [0.29, 0.717) is 28.5 Å². The lowest BCUT2D eigenvalue weighted by molar-refractivity contribution is -0.141. The molecule has 0 aliphatic carbocycles. The molecule has 0 aliphatic rings. The fourth-order valence-electron chi connectivity index (χ4n) is 3.12. The molecule has 0 atom stereocenters. The van der Waals surface area contributed by atoms with Crippen molar-refractivity contribution < 1.29 is 18.0 Å². The van der Waals surface area contributed by atoms with E-state index in [0.717, 1.165) is 16.0 Å². The monoisotopic (exact) mass is 422 g/mol. The molecule has 0 aliphatic heterocycles. The Labute approximate surface area is 170 Å². The first-order valence-electron chi connectivity index (χ1n) is 8.97. The van der Waals surface area contributed by atoms with E-state index in [4.69, 9.17) is 0 Å². The molecule has 29 heavy (non-hydrogen) atoms. The number of alkyl halides is 3. The molecule has 0 spiro atoms. The van der Waals surface area contributed by atoms with Gasteiger partial charge in [0.2, 0.25) is 0 Å². The summed E-state index contributed by atoms with van der Waals surface area (Å²) in [5.41, 5.74) is 2.16. The summed E-state index contributed by atoms with van der Waals surface area (Å²) in [5.74, 6) is 0.617. The van der Waals surface area contributed by atoms with Gasteiger partial charge in [-0.2, -0.15) is 13.2 Å². The molecule has 5 nitrogen and oxygen atoms in total. The zero-order valence-corrected chi connectivity index (χ0v) is 17.1. The Hall–Kier alpha value is -2.55. The summed E-state index contributed by atoms with van der Waals surface area (Å²) >= 11 is 1.23. The van der Waals surface area contributed by atoms with Gasteiger partial charge in [-0.25, -0.2) is 0 Å². The van der Waals surface area contributed by atoms with E-state index in [1.807, 2.05) is 41.9 Å². The highest BCUT2D eigenvalue weighted by Gasteiger charge is 2.30. The standard InChI is InChI=1S/C20H21F3N4OS/c1-13-9-16(14(2)27(13)12-20(21,22)23)17(28)11-29-19-25-24-18(26(19)3)10-15-7-5-4-6-8-15/h4-9H,10-12H2,1-3H3. The third-order valence-corrected chi connectivity index (χ3v) is 5.69. The van der Waals surface area contributed by atoms with Crippen molar-refractivity contribution in [2.75, 3.05) is 5.75 Å². The quantitative estimate of drug-likeness (QED) is 0.419. The lowest BCUT2D eigenvalue weighted by Gasteiger charge is -2.12. The fraction of sp³-hybridized carbons (Fsp3) is 0.350. The summed E-state index contributed by atoms with van der Waals surface area (Å²) in [7, 11) is 1.83. The van der Waals surface area contributed by atoms with Gasteiger partial charge < -0.3 is 9.13 Å². The van der Waals surface area contributed by atoms with Gasteiger partial charge in [0.1, 0.15) is 12.4 Å². The van der Waals surface area contributed by atoms with Gasteiger partial charge in [-0.15, -0.1) is 10.2 Å². The molecule has 0 radical (unpaired) electrons. The number of ketones is 1.